The molecular formula is C11H14N4. The van der Waals surface area contributed by atoms with Crippen molar-refractivity contribution >= 4 is 11.2 Å². The van der Waals surface area contributed by atoms with Crippen LogP contribution in [0.5, 0.6) is 0 Å². The standard InChI is InChI=1S/C11H14N4/c1-15-10(8-4-6-12-7-8)14-9-3-2-5-13-11(9)15/h2-3,5,8,12H,4,6-7H2,1H3/t8-/m1/s1. The van der Waals surface area contributed by atoms with Gasteiger partial charge in [0.15, 0.2) is 5.65 Å². The zero-order valence-electron chi connectivity index (χ0n) is 8.77. The molecule has 1 aliphatic heterocycles. The number of aromatic nitrogens is 3. The summed E-state index contributed by atoms with van der Waals surface area (Å²) in [6.45, 7) is 2.14. The third-order valence-corrected chi connectivity index (χ3v) is 3.09. The summed E-state index contributed by atoms with van der Waals surface area (Å²) in [5, 5.41) is 3.37. The average molecular weight is 202 g/mol. The highest BCUT2D eigenvalue weighted by atomic mass is 15.1. The fourth-order valence-corrected chi connectivity index (χ4v) is 2.28. The monoisotopic (exact) mass is 202 g/mol. The van der Waals surface area contributed by atoms with Gasteiger partial charge in [0, 0.05) is 25.7 Å². The van der Waals surface area contributed by atoms with E-state index < -0.39 is 0 Å². The highest BCUT2D eigenvalue weighted by Gasteiger charge is 2.22. The number of fused-ring (bicyclic) bond motifs is 1. The third kappa shape index (κ3) is 1.33. The predicted octanol–water partition coefficient (Wildman–Crippen LogP) is 1.05. The van der Waals surface area contributed by atoms with Crippen molar-refractivity contribution in [2.75, 3.05) is 13.1 Å². The Morgan fingerprint density at radius 3 is 3.20 bits per heavy atom. The second-order valence-electron chi connectivity index (χ2n) is 4.06. The van der Waals surface area contributed by atoms with Crippen LogP contribution in [0.2, 0.25) is 0 Å². The maximum atomic E-state index is 4.65. The fourth-order valence-electron chi connectivity index (χ4n) is 2.28. The Kier molecular flexibility index (Phi) is 1.95. The van der Waals surface area contributed by atoms with Gasteiger partial charge in [-0.3, -0.25) is 0 Å². The van der Waals surface area contributed by atoms with Gasteiger partial charge in [-0.05, 0) is 25.1 Å². The first kappa shape index (κ1) is 8.85. The van der Waals surface area contributed by atoms with Crippen LogP contribution in [-0.4, -0.2) is 27.6 Å². The van der Waals surface area contributed by atoms with Crippen molar-refractivity contribution in [2.24, 2.45) is 7.05 Å². The van der Waals surface area contributed by atoms with E-state index in [4.69, 9.17) is 0 Å². The number of imidazole rings is 1. The molecule has 0 spiro atoms. The van der Waals surface area contributed by atoms with Crippen LogP contribution in [0.1, 0.15) is 18.2 Å². The maximum Gasteiger partial charge on any atom is 0.159 e. The minimum absolute atomic E-state index is 0.546. The predicted molar refractivity (Wildman–Crippen MR) is 58.7 cm³/mol. The van der Waals surface area contributed by atoms with Gasteiger partial charge in [0.2, 0.25) is 0 Å². The van der Waals surface area contributed by atoms with Gasteiger partial charge in [0.25, 0.3) is 0 Å². The van der Waals surface area contributed by atoms with Gasteiger partial charge in [-0.1, -0.05) is 0 Å². The van der Waals surface area contributed by atoms with Gasteiger partial charge in [-0.25, -0.2) is 9.97 Å². The minimum atomic E-state index is 0.546. The van der Waals surface area contributed by atoms with E-state index >= 15 is 0 Å². The van der Waals surface area contributed by atoms with Gasteiger partial charge in [-0.15, -0.1) is 0 Å². The summed E-state index contributed by atoms with van der Waals surface area (Å²) in [6.07, 6.45) is 3.00. The molecule has 1 saturated heterocycles. The molecule has 1 aliphatic rings. The molecule has 0 bridgehead atoms. The van der Waals surface area contributed by atoms with Crippen molar-refractivity contribution in [1.29, 1.82) is 0 Å². The van der Waals surface area contributed by atoms with Crippen molar-refractivity contribution in [3.63, 3.8) is 0 Å². The molecule has 0 unspecified atom stereocenters. The molecule has 2 aromatic rings. The van der Waals surface area contributed by atoms with Gasteiger partial charge in [-0.2, -0.15) is 0 Å². The molecule has 1 N–H and O–H groups in total. The number of nitrogens with zero attached hydrogens (tertiary/aromatic N) is 3. The summed E-state index contributed by atoms with van der Waals surface area (Å²) >= 11 is 0. The van der Waals surface area contributed by atoms with Crippen molar-refractivity contribution in [2.45, 2.75) is 12.3 Å². The van der Waals surface area contributed by atoms with Gasteiger partial charge < -0.3 is 9.88 Å². The summed E-state index contributed by atoms with van der Waals surface area (Å²) in [7, 11) is 2.05. The molecule has 3 rings (SSSR count). The van der Waals surface area contributed by atoms with E-state index in [2.05, 4.69) is 26.9 Å². The van der Waals surface area contributed by atoms with Gasteiger partial charge >= 0.3 is 0 Å². The topological polar surface area (TPSA) is 42.7 Å². The van der Waals surface area contributed by atoms with E-state index in [1.165, 1.54) is 6.42 Å². The summed E-state index contributed by atoms with van der Waals surface area (Å²) in [6, 6.07) is 3.96. The molecule has 0 amide bonds. The van der Waals surface area contributed by atoms with Crippen LogP contribution in [0.25, 0.3) is 11.2 Å². The lowest BCUT2D eigenvalue weighted by Gasteiger charge is -2.07. The van der Waals surface area contributed by atoms with E-state index in [1.807, 2.05) is 18.3 Å². The molecule has 0 radical (unpaired) electrons. The Balaban J connectivity index is 2.14. The van der Waals surface area contributed by atoms with Crippen LogP contribution in [0.4, 0.5) is 0 Å². The number of aryl methyl sites for hydroxylation is 1. The second kappa shape index (κ2) is 3.31. The van der Waals surface area contributed by atoms with Gasteiger partial charge in [0.1, 0.15) is 11.3 Å². The van der Waals surface area contributed by atoms with E-state index in [0.29, 0.717) is 5.92 Å². The van der Waals surface area contributed by atoms with Crippen molar-refractivity contribution in [3.8, 4) is 0 Å². The molecule has 1 atom stereocenters. The lowest BCUT2D eigenvalue weighted by atomic mass is 10.1. The highest BCUT2D eigenvalue weighted by Crippen LogP contribution is 2.23. The number of pyridine rings is 1. The number of nitrogens with one attached hydrogen (secondary N) is 1. The Bertz CT molecular complexity index is 482. The normalized spacial score (nSPS) is 21.3. The first-order valence-corrected chi connectivity index (χ1v) is 5.34. The van der Waals surface area contributed by atoms with Crippen molar-refractivity contribution in [3.05, 3.63) is 24.2 Å². The molecule has 0 aliphatic carbocycles. The summed E-state index contributed by atoms with van der Waals surface area (Å²) in [4.78, 5) is 9.01. The molecule has 0 saturated carbocycles. The minimum Gasteiger partial charge on any atom is -0.316 e. The molecule has 78 valence electrons. The van der Waals surface area contributed by atoms with Crippen LogP contribution < -0.4 is 5.32 Å². The van der Waals surface area contributed by atoms with Crippen LogP contribution >= 0.6 is 0 Å². The van der Waals surface area contributed by atoms with Crippen LogP contribution in [-0.2, 0) is 7.05 Å². The van der Waals surface area contributed by atoms with E-state index in [-0.39, 0.29) is 0 Å². The Hall–Kier alpha value is -1.42. The zero-order valence-corrected chi connectivity index (χ0v) is 8.77. The molecular weight excluding hydrogens is 188 g/mol. The average Bonchev–Trinajstić information content (AvgIpc) is 2.87. The van der Waals surface area contributed by atoms with E-state index in [0.717, 1.165) is 30.1 Å². The quantitative estimate of drug-likeness (QED) is 0.751. The maximum absolute atomic E-state index is 4.65. The first-order valence-electron chi connectivity index (χ1n) is 5.34. The molecule has 4 nitrogen and oxygen atoms in total. The van der Waals surface area contributed by atoms with Crippen molar-refractivity contribution in [1.82, 2.24) is 19.9 Å². The molecule has 3 heterocycles. The summed E-state index contributed by atoms with van der Waals surface area (Å²) in [5.74, 6) is 1.71. The summed E-state index contributed by atoms with van der Waals surface area (Å²) in [5.41, 5.74) is 1.99. The van der Waals surface area contributed by atoms with Crippen LogP contribution in [0.15, 0.2) is 18.3 Å². The molecule has 1 fully saturated rings. The Morgan fingerprint density at radius 1 is 1.53 bits per heavy atom. The second-order valence-corrected chi connectivity index (χ2v) is 4.06. The van der Waals surface area contributed by atoms with E-state index in [9.17, 15) is 0 Å². The van der Waals surface area contributed by atoms with Crippen LogP contribution in [0, 0.1) is 0 Å². The SMILES string of the molecule is Cn1c([C@@H]2CCNC2)nc2cccnc21. The number of hydrogen-bond donors (Lipinski definition) is 1. The molecule has 2 aromatic heterocycles. The van der Waals surface area contributed by atoms with Crippen LogP contribution in [0.3, 0.4) is 0 Å². The first-order chi connectivity index (χ1) is 7.36. The Labute approximate surface area is 88.3 Å². The summed E-state index contributed by atoms with van der Waals surface area (Å²) < 4.78 is 2.12. The number of hydrogen-bond acceptors (Lipinski definition) is 3. The Morgan fingerprint density at radius 2 is 2.47 bits per heavy atom. The lowest BCUT2D eigenvalue weighted by molar-refractivity contribution is 0.665. The fraction of sp³-hybridized carbons (Fsp3) is 0.455. The van der Waals surface area contributed by atoms with Crippen molar-refractivity contribution < 1.29 is 0 Å². The molecule has 4 heteroatoms. The third-order valence-electron chi connectivity index (χ3n) is 3.09. The number of rotatable bonds is 1. The molecule has 15 heavy (non-hydrogen) atoms. The van der Waals surface area contributed by atoms with E-state index in [1.54, 1.807) is 0 Å². The smallest absolute Gasteiger partial charge is 0.159 e. The molecule has 0 aromatic carbocycles. The largest absolute Gasteiger partial charge is 0.316 e. The zero-order chi connectivity index (χ0) is 10.3. The lowest BCUT2D eigenvalue weighted by Crippen LogP contribution is -2.11. The highest BCUT2D eigenvalue weighted by molar-refractivity contribution is 5.71. The van der Waals surface area contributed by atoms with Gasteiger partial charge in [0.05, 0.1) is 0 Å².